The highest BCUT2D eigenvalue weighted by molar-refractivity contribution is 7.80. The molecule has 5 heteroatoms. The lowest BCUT2D eigenvalue weighted by Crippen LogP contribution is -2.00. The Bertz CT molecular complexity index is 162. The quantitative estimate of drug-likeness (QED) is 0.392. The highest BCUT2D eigenvalue weighted by Crippen LogP contribution is 1.98. The van der Waals surface area contributed by atoms with Gasteiger partial charge in [-0.2, -0.15) is 0 Å². The number of thiol groups is 1. The first kappa shape index (κ1) is 6.57. The number of hydrogen-bond donors (Lipinski definition) is 3. The van der Waals surface area contributed by atoms with Crippen LogP contribution in [0.5, 0.6) is 0 Å². The van der Waals surface area contributed by atoms with Crippen LogP contribution in [0.3, 0.4) is 0 Å². The van der Waals surface area contributed by atoms with Crippen LogP contribution in [0.25, 0.3) is 0 Å². The summed E-state index contributed by atoms with van der Waals surface area (Å²) in [6.45, 7) is 0. The first-order chi connectivity index (χ1) is 4.29. The molecule has 0 bridgehead atoms. The molecule has 0 amide bonds. The van der Waals surface area contributed by atoms with Gasteiger partial charge in [-0.15, -0.1) is 17.7 Å². The normalized spacial score (nSPS) is 13.6. The maximum absolute atomic E-state index is 8.71. The van der Waals surface area contributed by atoms with Crippen LogP contribution in [0.1, 0.15) is 5.69 Å². The zero-order chi connectivity index (χ0) is 6.69. The first-order valence-corrected chi connectivity index (χ1v) is 3.02. The summed E-state index contributed by atoms with van der Waals surface area (Å²) >= 11 is 3.76. The van der Waals surface area contributed by atoms with E-state index in [1.165, 1.54) is 0 Å². The molecule has 50 valence electrons. The summed E-state index contributed by atoms with van der Waals surface area (Å²) in [6.07, 6.45) is 2.05. The van der Waals surface area contributed by atoms with Crippen LogP contribution in [0.15, 0.2) is 6.20 Å². The van der Waals surface area contributed by atoms with Gasteiger partial charge in [0.15, 0.2) is 0 Å². The lowest BCUT2D eigenvalue weighted by atomic mass is 10.3. The van der Waals surface area contributed by atoms with E-state index in [4.69, 9.17) is 5.11 Å². The molecule has 1 rings (SSSR count). The number of nitrogens with zero attached hydrogens (tertiary/aromatic N) is 2. The number of aromatic amines is 1. The molecule has 9 heavy (non-hydrogen) atoms. The number of aliphatic hydroxyl groups excluding tert-OH is 1. The predicted molar refractivity (Wildman–Crippen MR) is 35.1 cm³/mol. The highest BCUT2D eigenvalue weighted by atomic mass is 32.1. The van der Waals surface area contributed by atoms with Crippen LogP contribution in [0.2, 0.25) is 0 Å². The van der Waals surface area contributed by atoms with E-state index >= 15 is 0 Å². The molecule has 0 radical (unpaired) electrons. The molecule has 2 N–H and O–H groups in total. The number of H-pyrrole nitrogens is 1. The van der Waals surface area contributed by atoms with Gasteiger partial charge in [-0.25, -0.2) is 0 Å². The fourth-order valence-corrected chi connectivity index (χ4v) is 0.699. The van der Waals surface area contributed by atoms with E-state index in [2.05, 4.69) is 28.0 Å². The Morgan fingerprint density at radius 3 is 3.11 bits per heavy atom. The third kappa shape index (κ3) is 2.03. The van der Waals surface area contributed by atoms with Gasteiger partial charge in [-0.3, -0.25) is 5.10 Å². The maximum atomic E-state index is 8.71. The molecule has 0 aliphatic heterocycles. The molecule has 0 saturated heterocycles. The Labute approximate surface area is 57.7 Å². The minimum Gasteiger partial charge on any atom is -0.382 e. The number of aliphatic hydroxyl groups is 1. The Hall–Kier alpha value is -0.550. The van der Waals surface area contributed by atoms with Crippen LogP contribution >= 0.6 is 12.6 Å². The van der Waals surface area contributed by atoms with Gasteiger partial charge in [0.2, 0.25) is 0 Å². The van der Waals surface area contributed by atoms with E-state index in [1.807, 2.05) is 0 Å². The van der Waals surface area contributed by atoms with Crippen molar-refractivity contribution in [2.75, 3.05) is 0 Å². The van der Waals surface area contributed by atoms with E-state index in [1.54, 1.807) is 6.20 Å². The average molecular weight is 145 g/mol. The number of hydrogen-bond acceptors (Lipinski definition) is 4. The van der Waals surface area contributed by atoms with Gasteiger partial charge in [-0.1, -0.05) is 5.21 Å². The highest BCUT2D eigenvalue weighted by Gasteiger charge is 2.00. The van der Waals surface area contributed by atoms with E-state index < -0.39 is 5.44 Å². The van der Waals surface area contributed by atoms with Crippen molar-refractivity contribution < 1.29 is 5.11 Å². The summed E-state index contributed by atoms with van der Waals surface area (Å²) in [4.78, 5) is 0. The van der Waals surface area contributed by atoms with Gasteiger partial charge >= 0.3 is 0 Å². The Morgan fingerprint density at radius 2 is 2.67 bits per heavy atom. The van der Waals surface area contributed by atoms with Crippen LogP contribution in [-0.4, -0.2) is 26.0 Å². The second kappa shape index (κ2) is 2.84. The molecular formula is C4H7N3OS. The van der Waals surface area contributed by atoms with Crippen LogP contribution < -0.4 is 0 Å². The Kier molecular flexibility index (Phi) is 2.07. The number of nitrogens with one attached hydrogen (secondary N) is 1. The second-order valence-corrected chi connectivity index (χ2v) is 2.25. The van der Waals surface area contributed by atoms with Crippen molar-refractivity contribution in [3.8, 4) is 0 Å². The summed E-state index contributed by atoms with van der Waals surface area (Å²) in [6, 6.07) is 0. The smallest absolute Gasteiger partial charge is 0.102 e. The van der Waals surface area contributed by atoms with E-state index in [0.29, 0.717) is 6.42 Å². The molecular weight excluding hydrogens is 138 g/mol. The molecule has 1 atom stereocenters. The van der Waals surface area contributed by atoms with Crippen molar-refractivity contribution in [2.24, 2.45) is 0 Å². The SMILES string of the molecule is OC(S)Cc1c[nH]nn1. The van der Waals surface area contributed by atoms with Crippen molar-refractivity contribution in [3.63, 3.8) is 0 Å². The lowest BCUT2D eigenvalue weighted by Gasteiger charge is -1.95. The first-order valence-electron chi connectivity index (χ1n) is 2.50. The molecule has 0 fully saturated rings. The fourth-order valence-electron chi connectivity index (χ4n) is 0.512. The van der Waals surface area contributed by atoms with E-state index in [-0.39, 0.29) is 0 Å². The zero-order valence-corrected chi connectivity index (χ0v) is 5.55. The third-order valence-electron chi connectivity index (χ3n) is 0.859. The minimum absolute atomic E-state index is 0.430. The van der Waals surface area contributed by atoms with Gasteiger partial charge in [0, 0.05) is 12.6 Å². The molecule has 1 aromatic heterocycles. The summed E-state index contributed by atoms with van der Waals surface area (Å²) in [5.41, 5.74) is 0.0765. The zero-order valence-electron chi connectivity index (χ0n) is 4.65. The van der Waals surface area contributed by atoms with Gasteiger partial charge in [0.25, 0.3) is 0 Å². The Morgan fingerprint density at radius 1 is 1.89 bits per heavy atom. The van der Waals surface area contributed by atoms with Crippen molar-refractivity contribution in [1.82, 2.24) is 15.4 Å². The topological polar surface area (TPSA) is 61.8 Å². The van der Waals surface area contributed by atoms with Gasteiger partial charge in [0.1, 0.15) is 5.44 Å². The summed E-state index contributed by atoms with van der Waals surface area (Å²) in [5.74, 6) is 0. The average Bonchev–Trinajstić information content (AvgIpc) is 2.15. The van der Waals surface area contributed by atoms with Crippen LogP contribution in [0, 0.1) is 0 Å². The van der Waals surface area contributed by atoms with Crippen molar-refractivity contribution in [1.29, 1.82) is 0 Å². The number of rotatable bonds is 2. The lowest BCUT2D eigenvalue weighted by molar-refractivity contribution is 0.265. The van der Waals surface area contributed by atoms with Crippen LogP contribution in [0.4, 0.5) is 0 Å². The van der Waals surface area contributed by atoms with E-state index in [9.17, 15) is 0 Å². The molecule has 0 saturated carbocycles. The summed E-state index contributed by atoms with van der Waals surface area (Å²) in [5, 5.41) is 18.3. The van der Waals surface area contributed by atoms with Gasteiger partial charge in [0.05, 0.1) is 5.69 Å². The predicted octanol–water partition coefficient (Wildman–Crippen LogP) is -0.405. The fraction of sp³-hybridized carbons (Fsp3) is 0.500. The molecule has 0 aliphatic carbocycles. The number of aromatic nitrogens is 3. The molecule has 0 aromatic carbocycles. The summed E-state index contributed by atoms with van der Waals surface area (Å²) < 4.78 is 0. The van der Waals surface area contributed by atoms with Gasteiger partial charge in [-0.05, 0) is 0 Å². The third-order valence-corrected chi connectivity index (χ3v) is 1.04. The second-order valence-electron chi connectivity index (χ2n) is 1.65. The van der Waals surface area contributed by atoms with Crippen molar-refractivity contribution >= 4 is 12.6 Å². The molecule has 1 aromatic rings. The van der Waals surface area contributed by atoms with E-state index in [0.717, 1.165) is 5.69 Å². The van der Waals surface area contributed by atoms with Crippen LogP contribution in [-0.2, 0) is 6.42 Å². The molecule has 0 spiro atoms. The standard InChI is InChI=1S/C4H7N3OS/c8-4(9)1-3-2-5-7-6-3/h2,4,8-9H,1H2,(H,5,6,7). The molecule has 0 aliphatic rings. The van der Waals surface area contributed by atoms with Gasteiger partial charge < -0.3 is 5.11 Å². The Balaban J connectivity index is 2.48. The molecule has 1 unspecified atom stereocenters. The minimum atomic E-state index is -0.643. The molecule has 1 heterocycles. The van der Waals surface area contributed by atoms with Crippen molar-refractivity contribution in [3.05, 3.63) is 11.9 Å². The molecule has 4 nitrogen and oxygen atoms in total. The largest absolute Gasteiger partial charge is 0.382 e. The summed E-state index contributed by atoms with van der Waals surface area (Å²) in [7, 11) is 0. The maximum Gasteiger partial charge on any atom is 0.102 e. The van der Waals surface area contributed by atoms with Crippen molar-refractivity contribution in [2.45, 2.75) is 11.9 Å². The monoisotopic (exact) mass is 145 g/mol.